The number of hydrogen-bond donors (Lipinski definition) is 1. The highest BCUT2D eigenvalue weighted by atomic mass is 35.5. The summed E-state index contributed by atoms with van der Waals surface area (Å²) >= 11 is 6.06. The highest BCUT2D eigenvalue weighted by molar-refractivity contribution is 6.35. The van der Waals surface area contributed by atoms with Gasteiger partial charge in [0.15, 0.2) is 0 Å². The van der Waals surface area contributed by atoms with Gasteiger partial charge in [0.2, 0.25) is 0 Å². The Morgan fingerprint density at radius 3 is 2.64 bits per heavy atom. The van der Waals surface area contributed by atoms with Gasteiger partial charge in [-0.25, -0.2) is 0 Å². The second kappa shape index (κ2) is 3.68. The summed E-state index contributed by atoms with van der Waals surface area (Å²) in [5.74, 6) is 0. The first-order chi connectivity index (χ1) is 6.79. The van der Waals surface area contributed by atoms with Crippen LogP contribution in [0.15, 0.2) is 42.6 Å². The lowest BCUT2D eigenvalue weighted by Crippen LogP contribution is -1.89. The van der Waals surface area contributed by atoms with Crippen LogP contribution in [0.2, 0.25) is 5.02 Å². The van der Waals surface area contributed by atoms with E-state index >= 15 is 0 Å². The van der Waals surface area contributed by atoms with Crippen molar-refractivity contribution in [2.24, 2.45) is 0 Å². The normalized spacial score (nSPS) is 10.1. The Morgan fingerprint density at radius 2 is 1.93 bits per heavy atom. The fourth-order valence-electron chi connectivity index (χ4n) is 1.27. The average molecular weight is 205 g/mol. The Labute approximate surface area is 87.4 Å². The number of anilines is 1. The number of hydrogen-bond acceptors (Lipinski definition) is 2. The van der Waals surface area contributed by atoms with Gasteiger partial charge in [-0.05, 0) is 18.2 Å². The van der Waals surface area contributed by atoms with Crippen LogP contribution in [0.5, 0.6) is 0 Å². The molecule has 0 saturated heterocycles. The van der Waals surface area contributed by atoms with Crippen LogP contribution < -0.4 is 5.73 Å². The van der Waals surface area contributed by atoms with E-state index in [-0.39, 0.29) is 0 Å². The molecule has 0 bridgehead atoms. The van der Waals surface area contributed by atoms with E-state index in [1.54, 1.807) is 12.3 Å². The molecule has 0 aliphatic rings. The lowest BCUT2D eigenvalue weighted by Gasteiger charge is -2.04. The monoisotopic (exact) mass is 204 g/mol. The van der Waals surface area contributed by atoms with Crippen molar-refractivity contribution < 1.29 is 0 Å². The minimum Gasteiger partial charge on any atom is -0.398 e. The maximum absolute atomic E-state index is 6.06. The molecule has 14 heavy (non-hydrogen) atoms. The molecule has 0 unspecified atom stereocenters. The highest BCUT2D eigenvalue weighted by Crippen LogP contribution is 2.30. The predicted octanol–water partition coefficient (Wildman–Crippen LogP) is 2.98. The van der Waals surface area contributed by atoms with Crippen molar-refractivity contribution in [1.29, 1.82) is 0 Å². The summed E-state index contributed by atoms with van der Waals surface area (Å²) in [6.07, 6.45) is 1.73. The molecule has 0 aliphatic carbocycles. The highest BCUT2D eigenvalue weighted by Gasteiger charge is 2.05. The molecule has 3 heteroatoms. The first kappa shape index (κ1) is 9.03. The first-order valence-corrected chi connectivity index (χ1v) is 4.62. The van der Waals surface area contributed by atoms with E-state index in [1.807, 2.05) is 30.3 Å². The van der Waals surface area contributed by atoms with Crippen molar-refractivity contribution in [2.45, 2.75) is 0 Å². The number of benzene rings is 1. The molecule has 0 aliphatic heterocycles. The van der Waals surface area contributed by atoms with Crippen LogP contribution in [0.3, 0.4) is 0 Å². The summed E-state index contributed by atoms with van der Waals surface area (Å²) in [6.45, 7) is 0. The number of aromatic nitrogens is 1. The van der Waals surface area contributed by atoms with E-state index in [9.17, 15) is 0 Å². The van der Waals surface area contributed by atoms with Crippen LogP contribution in [0.4, 0.5) is 5.69 Å². The van der Waals surface area contributed by atoms with Gasteiger partial charge in [-0.1, -0.05) is 29.8 Å². The summed E-state index contributed by atoms with van der Waals surface area (Å²) < 4.78 is 0. The smallest absolute Gasteiger partial charge is 0.0729 e. The van der Waals surface area contributed by atoms with E-state index in [0.717, 1.165) is 11.3 Å². The molecule has 2 rings (SSSR count). The molecule has 0 fully saturated rings. The van der Waals surface area contributed by atoms with Gasteiger partial charge in [0.25, 0.3) is 0 Å². The molecule has 2 nitrogen and oxygen atoms in total. The topological polar surface area (TPSA) is 38.9 Å². The number of nitrogen functional groups attached to an aromatic ring is 1. The standard InChI is InChI=1S/C11H9ClN2/c12-11-8(4-3-5-9(11)13)10-6-1-2-7-14-10/h1-7H,13H2. The maximum Gasteiger partial charge on any atom is 0.0729 e. The zero-order valence-electron chi connectivity index (χ0n) is 7.44. The van der Waals surface area contributed by atoms with Crippen molar-refractivity contribution in [1.82, 2.24) is 4.98 Å². The third-order valence-electron chi connectivity index (χ3n) is 1.97. The molecule has 1 aromatic carbocycles. The molecule has 1 heterocycles. The molecule has 0 saturated carbocycles. The third-order valence-corrected chi connectivity index (χ3v) is 2.39. The van der Waals surface area contributed by atoms with Gasteiger partial charge in [0.05, 0.1) is 16.4 Å². The Balaban J connectivity index is 2.58. The molecule has 2 aromatic rings. The summed E-state index contributed by atoms with van der Waals surface area (Å²) in [4.78, 5) is 4.21. The van der Waals surface area contributed by atoms with Crippen molar-refractivity contribution in [3.63, 3.8) is 0 Å². The van der Waals surface area contributed by atoms with E-state index < -0.39 is 0 Å². The largest absolute Gasteiger partial charge is 0.398 e. The Bertz CT molecular complexity index is 440. The number of nitrogens with two attached hydrogens (primary N) is 1. The quantitative estimate of drug-likeness (QED) is 0.726. The number of pyridine rings is 1. The van der Waals surface area contributed by atoms with Crippen molar-refractivity contribution in [3.05, 3.63) is 47.6 Å². The van der Waals surface area contributed by atoms with Crippen LogP contribution in [0, 0.1) is 0 Å². The average Bonchev–Trinajstić information content (AvgIpc) is 2.23. The van der Waals surface area contributed by atoms with Crippen molar-refractivity contribution in [3.8, 4) is 11.3 Å². The Hall–Kier alpha value is -1.54. The second-order valence-corrected chi connectivity index (χ2v) is 3.30. The SMILES string of the molecule is Nc1cccc(-c2ccccn2)c1Cl. The van der Waals surface area contributed by atoms with Crippen LogP contribution in [0.25, 0.3) is 11.3 Å². The van der Waals surface area contributed by atoms with Crippen LogP contribution in [0.1, 0.15) is 0 Å². The molecular weight excluding hydrogens is 196 g/mol. The minimum atomic E-state index is 0.561. The van der Waals surface area contributed by atoms with Gasteiger partial charge in [-0.3, -0.25) is 4.98 Å². The van der Waals surface area contributed by atoms with E-state index in [4.69, 9.17) is 17.3 Å². The summed E-state index contributed by atoms with van der Waals surface area (Å²) in [7, 11) is 0. The lowest BCUT2D eigenvalue weighted by atomic mass is 10.1. The number of nitrogens with zero attached hydrogens (tertiary/aromatic N) is 1. The van der Waals surface area contributed by atoms with Gasteiger partial charge in [-0.15, -0.1) is 0 Å². The zero-order chi connectivity index (χ0) is 9.97. The predicted molar refractivity (Wildman–Crippen MR) is 59.1 cm³/mol. The molecule has 2 N–H and O–H groups in total. The van der Waals surface area contributed by atoms with Crippen molar-refractivity contribution >= 4 is 17.3 Å². The maximum atomic E-state index is 6.06. The molecular formula is C11H9ClN2. The Kier molecular flexibility index (Phi) is 2.37. The van der Waals surface area contributed by atoms with E-state index in [1.165, 1.54) is 0 Å². The zero-order valence-corrected chi connectivity index (χ0v) is 8.20. The molecule has 1 aromatic heterocycles. The van der Waals surface area contributed by atoms with Gasteiger partial charge in [0, 0.05) is 11.8 Å². The molecule has 0 radical (unpaired) electrons. The van der Waals surface area contributed by atoms with Crippen molar-refractivity contribution in [2.75, 3.05) is 5.73 Å². The van der Waals surface area contributed by atoms with Gasteiger partial charge < -0.3 is 5.73 Å². The van der Waals surface area contributed by atoms with Gasteiger partial charge in [0.1, 0.15) is 0 Å². The molecule has 0 atom stereocenters. The molecule has 0 amide bonds. The summed E-state index contributed by atoms with van der Waals surface area (Å²) in [6, 6.07) is 11.2. The van der Waals surface area contributed by atoms with E-state index in [2.05, 4.69) is 4.98 Å². The third kappa shape index (κ3) is 1.56. The minimum absolute atomic E-state index is 0.561. The number of rotatable bonds is 1. The Morgan fingerprint density at radius 1 is 1.07 bits per heavy atom. The lowest BCUT2D eigenvalue weighted by molar-refractivity contribution is 1.33. The van der Waals surface area contributed by atoms with Gasteiger partial charge >= 0.3 is 0 Å². The molecule has 0 spiro atoms. The van der Waals surface area contributed by atoms with Crippen LogP contribution >= 0.6 is 11.6 Å². The first-order valence-electron chi connectivity index (χ1n) is 4.24. The number of halogens is 1. The fourth-order valence-corrected chi connectivity index (χ4v) is 1.49. The van der Waals surface area contributed by atoms with Crippen LogP contribution in [-0.4, -0.2) is 4.98 Å². The van der Waals surface area contributed by atoms with E-state index in [0.29, 0.717) is 10.7 Å². The summed E-state index contributed by atoms with van der Waals surface area (Å²) in [5, 5.41) is 0.561. The summed E-state index contributed by atoms with van der Waals surface area (Å²) in [5.41, 5.74) is 7.98. The second-order valence-electron chi connectivity index (χ2n) is 2.92. The van der Waals surface area contributed by atoms with Crippen LogP contribution in [-0.2, 0) is 0 Å². The fraction of sp³-hybridized carbons (Fsp3) is 0. The molecule has 70 valence electrons. The van der Waals surface area contributed by atoms with Gasteiger partial charge in [-0.2, -0.15) is 0 Å².